The van der Waals surface area contributed by atoms with Crippen LogP contribution in [0.25, 0.3) is 0 Å². The number of rotatable bonds is 5. The highest BCUT2D eigenvalue weighted by Gasteiger charge is 1.96. The molecule has 76 valence electrons. The molecule has 0 aliphatic rings. The van der Waals surface area contributed by atoms with Crippen molar-refractivity contribution < 1.29 is 4.74 Å². The third-order valence-corrected chi connectivity index (χ3v) is 1.82. The molecular formula is C10H20N2O. The molecule has 3 heteroatoms. The molecule has 0 atom stereocenters. The van der Waals surface area contributed by atoms with E-state index in [-0.39, 0.29) is 0 Å². The monoisotopic (exact) mass is 184 g/mol. The van der Waals surface area contributed by atoms with Crippen LogP contribution < -0.4 is 5.73 Å². The number of allylic oxidation sites excluding steroid dienone is 4. The molecule has 3 nitrogen and oxygen atoms in total. The maximum absolute atomic E-state index is 5.51. The molecule has 0 heterocycles. The van der Waals surface area contributed by atoms with E-state index in [4.69, 9.17) is 10.5 Å². The maximum atomic E-state index is 5.51. The van der Waals surface area contributed by atoms with Crippen LogP contribution in [-0.4, -0.2) is 32.2 Å². The van der Waals surface area contributed by atoms with Crippen LogP contribution in [0.3, 0.4) is 0 Å². The van der Waals surface area contributed by atoms with E-state index in [0.717, 1.165) is 18.8 Å². The predicted octanol–water partition coefficient (Wildman–Crippen LogP) is 1.33. The van der Waals surface area contributed by atoms with Gasteiger partial charge in [0.25, 0.3) is 0 Å². The first kappa shape index (κ1) is 12.0. The molecule has 0 aromatic rings. The third kappa shape index (κ3) is 6.22. The van der Waals surface area contributed by atoms with Crippen LogP contribution >= 0.6 is 0 Å². The summed E-state index contributed by atoms with van der Waals surface area (Å²) in [6, 6.07) is 0. The summed E-state index contributed by atoms with van der Waals surface area (Å²) in [5.41, 5.74) is 7.52. The molecule has 0 fully saturated rings. The van der Waals surface area contributed by atoms with Crippen LogP contribution in [0.5, 0.6) is 0 Å². The number of methoxy groups -OCH3 is 1. The Hall–Kier alpha value is -0.960. The molecule has 0 radical (unpaired) electrons. The second kappa shape index (κ2) is 6.54. The lowest BCUT2D eigenvalue weighted by Crippen LogP contribution is -2.20. The molecule has 0 saturated heterocycles. The highest BCUT2D eigenvalue weighted by Crippen LogP contribution is 2.00. The molecule has 0 bridgehead atoms. The number of ether oxygens (including phenoxy) is 1. The molecule has 0 aliphatic carbocycles. The SMILES string of the molecule is COCCN(C)/C(C)=C/C=C(\C)N. The van der Waals surface area contributed by atoms with E-state index >= 15 is 0 Å². The molecule has 0 aliphatic heterocycles. The van der Waals surface area contributed by atoms with Crippen molar-refractivity contribution in [2.45, 2.75) is 13.8 Å². The van der Waals surface area contributed by atoms with Gasteiger partial charge >= 0.3 is 0 Å². The number of hydrogen-bond acceptors (Lipinski definition) is 3. The summed E-state index contributed by atoms with van der Waals surface area (Å²) < 4.78 is 4.98. The number of likely N-dealkylation sites (N-methyl/N-ethyl adjacent to an activating group) is 1. The van der Waals surface area contributed by atoms with Crippen molar-refractivity contribution in [3.05, 3.63) is 23.5 Å². The number of hydrogen-bond donors (Lipinski definition) is 1. The van der Waals surface area contributed by atoms with Crippen LogP contribution in [0.15, 0.2) is 23.5 Å². The molecule has 0 rings (SSSR count). The van der Waals surface area contributed by atoms with E-state index in [1.54, 1.807) is 7.11 Å². The van der Waals surface area contributed by atoms with Gasteiger partial charge in [-0.3, -0.25) is 0 Å². The van der Waals surface area contributed by atoms with Gasteiger partial charge in [0, 0.05) is 32.1 Å². The maximum Gasteiger partial charge on any atom is 0.0637 e. The molecule has 0 saturated carbocycles. The smallest absolute Gasteiger partial charge is 0.0637 e. The van der Waals surface area contributed by atoms with Crippen LogP contribution in [0.4, 0.5) is 0 Å². The second-order valence-corrected chi connectivity index (χ2v) is 3.13. The molecule has 0 aromatic heterocycles. The Bertz CT molecular complexity index is 193. The van der Waals surface area contributed by atoms with Gasteiger partial charge in [-0.05, 0) is 26.0 Å². The molecule has 2 N–H and O–H groups in total. The van der Waals surface area contributed by atoms with Gasteiger partial charge in [-0.25, -0.2) is 0 Å². The van der Waals surface area contributed by atoms with Gasteiger partial charge in [0.15, 0.2) is 0 Å². The van der Waals surface area contributed by atoms with Gasteiger partial charge < -0.3 is 15.4 Å². The fourth-order valence-corrected chi connectivity index (χ4v) is 0.784. The summed E-state index contributed by atoms with van der Waals surface area (Å²) in [5, 5.41) is 0. The van der Waals surface area contributed by atoms with E-state index in [2.05, 4.69) is 11.8 Å². The Labute approximate surface area is 80.9 Å². The Balaban J connectivity index is 4.00. The highest BCUT2D eigenvalue weighted by molar-refractivity contribution is 5.12. The quantitative estimate of drug-likeness (QED) is 0.655. The van der Waals surface area contributed by atoms with E-state index in [1.807, 2.05) is 26.1 Å². The van der Waals surface area contributed by atoms with Gasteiger partial charge in [-0.15, -0.1) is 0 Å². The lowest BCUT2D eigenvalue weighted by Gasteiger charge is -2.18. The lowest BCUT2D eigenvalue weighted by atomic mass is 10.3. The van der Waals surface area contributed by atoms with Crippen molar-refractivity contribution in [3.63, 3.8) is 0 Å². The minimum Gasteiger partial charge on any atom is -0.402 e. The van der Waals surface area contributed by atoms with E-state index in [1.165, 1.54) is 5.70 Å². The van der Waals surface area contributed by atoms with Crippen molar-refractivity contribution >= 4 is 0 Å². The minimum atomic E-state index is 0.743. The Kier molecular flexibility index (Phi) is 6.06. The second-order valence-electron chi connectivity index (χ2n) is 3.13. The summed E-state index contributed by atoms with van der Waals surface area (Å²) in [6.45, 7) is 5.57. The standard InChI is InChI=1S/C10H20N2O/c1-9(11)5-6-10(2)12(3)7-8-13-4/h5-6H,7-8,11H2,1-4H3/b9-5+,10-6+. The minimum absolute atomic E-state index is 0.743. The first-order valence-corrected chi connectivity index (χ1v) is 4.38. The zero-order valence-electron chi connectivity index (χ0n) is 9.00. The third-order valence-electron chi connectivity index (χ3n) is 1.82. The van der Waals surface area contributed by atoms with Crippen LogP contribution in [0.2, 0.25) is 0 Å². The molecule has 0 unspecified atom stereocenters. The van der Waals surface area contributed by atoms with Gasteiger partial charge in [0.05, 0.1) is 6.61 Å². The normalized spacial score (nSPS) is 13.2. The van der Waals surface area contributed by atoms with Crippen LogP contribution in [-0.2, 0) is 4.74 Å². The Morgan fingerprint density at radius 1 is 1.38 bits per heavy atom. The van der Waals surface area contributed by atoms with Crippen LogP contribution in [0.1, 0.15) is 13.8 Å². The van der Waals surface area contributed by atoms with Gasteiger partial charge in [-0.1, -0.05) is 0 Å². The number of nitrogens with two attached hydrogens (primary N) is 1. The van der Waals surface area contributed by atoms with Gasteiger partial charge in [-0.2, -0.15) is 0 Å². The lowest BCUT2D eigenvalue weighted by molar-refractivity contribution is 0.174. The fraction of sp³-hybridized carbons (Fsp3) is 0.600. The number of nitrogens with zero attached hydrogens (tertiary/aromatic N) is 1. The zero-order chi connectivity index (χ0) is 10.3. The highest BCUT2D eigenvalue weighted by atomic mass is 16.5. The zero-order valence-corrected chi connectivity index (χ0v) is 9.00. The largest absolute Gasteiger partial charge is 0.402 e. The molecule has 0 spiro atoms. The summed E-state index contributed by atoms with van der Waals surface area (Å²) in [6.07, 6.45) is 3.91. The molecule has 13 heavy (non-hydrogen) atoms. The summed E-state index contributed by atoms with van der Waals surface area (Å²) >= 11 is 0. The molecular weight excluding hydrogens is 164 g/mol. The molecule has 0 amide bonds. The van der Waals surface area contributed by atoms with E-state index < -0.39 is 0 Å². The average molecular weight is 184 g/mol. The predicted molar refractivity (Wildman–Crippen MR) is 56.2 cm³/mol. The average Bonchev–Trinajstić information content (AvgIpc) is 2.10. The summed E-state index contributed by atoms with van der Waals surface area (Å²) in [4.78, 5) is 2.13. The molecule has 0 aromatic carbocycles. The Morgan fingerprint density at radius 2 is 2.00 bits per heavy atom. The summed E-state index contributed by atoms with van der Waals surface area (Å²) in [5.74, 6) is 0. The van der Waals surface area contributed by atoms with Crippen molar-refractivity contribution in [2.75, 3.05) is 27.3 Å². The van der Waals surface area contributed by atoms with Gasteiger partial charge in [0.1, 0.15) is 0 Å². The summed E-state index contributed by atoms with van der Waals surface area (Å²) in [7, 11) is 3.74. The first-order valence-electron chi connectivity index (χ1n) is 4.38. The van der Waals surface area contributed by atoms with Crippen molar-refractivity contribution in [3.8, 4) is 0 Å². The van der Waals surface area contributed by atoms with Crippen molar-refractivity contribution in [1.82, 2.24) is 4.90 Å². The first-order chi connectivity index (χ1) is 6.07. The van der Waals surface area contributed by atoms with E-state index in [0.29, 0.717) is 0 Å². The van der Waals surface area contributed by atoms with Crippen molar-refractivity contribution in [1.29, 1.82) is 0 Å². The van der Waals surface area contributed by atoms with Gasteiger partial charge in [0.2, 0.25) is 0 Å². The van der Waals surface area contributed by atoms with Crippen molar-refractivity contribution in [2.24, 2.45) is 5.73 Å². The van der Waals surface area contributed by atoms with Crippen LogP contribution in [0, 0.1) is 0 Å². The van der Waals surface area contributed by atoms with E-state index in [9.17, 15) is 0 Å². The Morgan fingerprint density at radius 3 is 2.46 bits per heavy atom. The fourth-order valence-electron chi connectivity index (χ4n) is 0.784. The topological polar surface area (TPSA) is 38.5 Å².